The third kappa shape index (κ3) is 3.41. The normalized spacial score (nSPS) is 11.9. The van der Waals surface area contributed by atoms with Crippen LogP contribution in [0.1, 0.15) is 28.9 Å². The predicted molar refractivity (Wildman–Crippen MR) is 76.4 cm³/mol. The summed E-state index contributed by atoms with van der Waals surface area (Å²) >= 11 is 3.07. The summed E-state index contributed by atoms with van der Waals surface area (Å²) in [7, 11) is 0. The van der Waals surface area contributed by atoms with Crippen LogP contribution in [-0.2, 0) is 0 Å². The van der Waals surface area contributed by atoms with E-state index in [0.717, 1.165) is 5.56 Å². The van der Waals surface area contributed by atoms with E-state index in [2.05, 4.69) is 21.2 Å². The lowest BCUT2D eigenvalue weighted by Crippen LogP contribution is -2.26. The van der Waals surface area contributed by atoms with Crippen molar-refractivity contribution in [3.63, 3.8) is 0 Å². The van der Waals surface area contributed by atoms with E-state index in [1.807, 2.05) is 37.3 Å². The van der Waals surface area contributed by atoms with Crippen LogP contribution >= 0.6 is 15.9 Å². The van der Waals surface area contributed by atoms with Crippen molar-refractivity contribution in [1.29, 1.82) is 0 Å². The summed E-state index contributed by atoms with van der Waals surface area (Å²) in [5.41, 5.74) is 1.45. The van der Waals surface area contributed by atoms with Crippen LogP contribution in [0.5, 0.6) is 0 Å². The van der Waals surface area contributed by atoms with Gasteiger partial charge in [-0.1, -0.05) is 30.3 Å². The van der Waals surface area contributed by atoms with Crippen LogP contribution in [0.4, 0.5) is 4.39 Å². The summed E-state index contributed by atoms with van der Waals surface area (Å²) in [5.74, 6) is -0.607. The number of nitrogens with one attached hydrogen (secondary N) is 1. The lowest BCUT2D eigenvalue weighted by molar-refractivity contribution is 0.0940. The number of halogens is 2. The van der Waals surface area contributed by atoms with E-state index in [1.165, 1.54) is 18.2 Å². The molecule has 0 saturated carbocycles. The van der Waals surface area contributed by atoms with Crippen LogP contribution < -0.4 is 5.32 Å². The number of benzene rings is 2. The van der Waals surface area contributed by atoms with E-state index in [9.17, 15) is 9.18 Å². The Balaban J connectivity index is 2.11. The van der Waals surface area contributed by atoms with Gasteiger partial charge >= 0.3 is 0 Å². The molecule has 1 atom stereocenters. The van der Waals surface area contributed by atoms with Gasteiger partial charge in [0, 0.05) is 5.56 Å². The highest BCUT2D eigenvalue weighted by molar-refractivity contribution is 9.10. The molecular formula is C15H13BrFNO. The van der Waals surface area contributed by atoms with E-state index in [0.29, 0.717) is 5.56 Å². The van der Waals surface area contributed by atoms with Gasteiger partial charge in [0.2, 0.25) is 0 Å². The Labute approximate surface area is 119 Å². The number of carbonyl (C=O) groups is 1. The largest absolute Gasteiger partial charge is 0.346 e. The maximum atomic E-state index is 13.1. The van der Waals surface area contributed by atoms with Crippen LogP contribution in [0.25, 0.3) is 0 Å². The van der Waals surface area contributed by atoms with Gasteiger partial charge in [0.05, 0.1) is 10.5 Å². The van der Waals surface area contributed by atoms with Gasteiger partial charge in [-0.05, 0) is 46.6 Å². The molecule has 0 radical (unpaired) electrons. The van der Waals surface area contributed by atoms with Gasteiger partial charge in [-0.3, -0.25) is 4.79 Å². The van der Waals surface area contributed by atoms with Crippen LogP contribution in [0.2, 0.25) is 0 Å². The molecule has 0 aliphatic rings. The lowest BCUT2D eigenvalue weighted by atomic mass is 10.1. The van der Waals surface area contributed by atoms with Crippen molar-refractivity contribution in [1.82, 2.24) is 5.32 Å². The number of hydrogen-bond donors (Lipinski definition) is 1. The minimum atomic E-state index is -0.382. The molecule has 0 spiro atoms. The fourth-order valence-electron chi connectivity index (χ4n) is 1.74. The van der Waals surface area contributed by atoms with Gasteiger partial charge in [0.15, 0.2) is 0 Å². The Hall–Kier alpha value is -1.68. The standard InChI is InChI=1S/C15H13BrFNO/c1-10(11-5-3-2-4-6-11)18-15(19)12-7-8-14(17)13(16)9-12/h2-10H,1H3,(H,18,19)/t10-/m0/s1. The first-order chi connectivity index (χ1) is 9.08. The van der Waals surface area contributed by atoms with E-state index in [-0.39, 0.29) is 22.2 Å². The molecule has 0 fully saturated rings. The third-order valence-corrected chi connectivity index (χ3v) is 3.44. The molecule has 2 rings (SSSR count). The average molecular weight is 322 g/mol. The highest BCUT2D eigenvalue weighted by Crippen LogP contribution is 2.18. The maximum absolute atomic E-state index is 13.1. The lowest BCUT2D eigenvalue weighted by Gasteiger charge is -2.14. The fraction of sp³-hybridized carbons (Fsp3) is 0.133. The molecule has 0 saturated heterocycles. The molecule has 0 heterocycles. The second-order valence-electron chi connectivity index (χ2n) is 4.23. The smallest absolute Gasteiger partial charge is 0.251 e. The summed E-state index contributed by atoms with van der Waals surface area (Å²) in [4.78, 5) is 12.0. The number of hydrogen-bond acceptors (Lipinski definition) is 1. The highest BCUT2D eigenvalue weighted by Gasteiger charge is 2.12. The molecule has 0 unspecified atom stereocenters. The molecule has 98 valence electrons. The Bertz CT molecular complexity index is 586. The molecule has 2 aromatic carbocycles. The van der Waals surface area contributed by atoms with Crippen molar-refractivity contribution < 1.29 is 9.18 Å². The second kappa shape index (κ2) is 5.97. The first-order valence-electron chi connectivity index (χ1n) is 5.89. The first-order valence-corrected chi connectivity index (χ1v) is 6.68. The van der Waals surface area contributed by atoms with Crippen molar-refractivity contribution in [3.05, 3.63) is 69.9 Å². The molecule has 1 N–H and O–H groups in total. The fourth-order valence-corrected chi connectivity index (χ4v) is 2.12. The zero-order chi connectivity index (χ0) is 13.8. The summed E-state index contributed by atoms with van der Waals surface area (Å²) in [6.07, 6.45) is 0. The SMILES string of the molecule is C[C@H](NC(=O)c1ccc(F)c(Br)c1)c1ccccc1. The second-order valence-corrected chi connectivity index (χ2v) is 5.09. The molecule has 0 aliphatic heterocycles. The molecule has 19 heavy (non-hydrogen) atoms. The molecule has 4 heteroatoms. The first kappa shape index (κ1) is 13.7. The van der Waals surface area contributed by atoms with Crippen LogP contribution in [0.3, 0.4) is 0 Å². The van der Waals surface area contributed by atoms with Gasteiger partial charge in [0.25, 0.3) is 5.91 Å². The maximum Gasteiger partial charge on any atom is 0.251 e. The van der Waals surface area contributed by atoms with E-state index >= 15 is 0 Å². The quantitative estimate of drug-likeness (QED) is 0.906. The highest BCUT2D eigenvalue weighted by atomic mass is 79.9. The van der Waals surface area contributed by atoms with Crippen molar-refractivity contribution >= 4 is 21.8 Å². The Morgan fingerprint density at radius 1 is 1.21 bits per heavy atom. The zero-order valence-electron chi connectivity index (χ0n) is 10.4. The molecule has 2 nitrogen and oxygen atoms in total. The summed E-state index contributed by atoms with van der Waals surface area (Å²) in [6.45, 7) is 1.91. The van der Waals surface area contributed by atoms with Crippen molar-refractivity contribution in [2.24, 2.45) is 0 Å². The monoisotopic (exact) mass is 321 g/mol. The van der Waals surface area contributed by atoms with Crippen molar-refractivity contribution in [2.45, 2.75) is 13.0 Å². The summed E-state index contributed by atoms with van der Waals surface area (Å²) in [6, 6.07) is 13.8. The third-order valence-electron chi connectivity index (χ3n) is 2.83. The molecule has 0 aliphatic carbocycles. The molecule has 0 aromatic heterocycles. The predicted octanol–water partition coefficient (Wildman–Crippen LogP) is 4.08. The molecular weight excluding hydrogens is 309 g/mol. The van der Waals surface area contributed by atoms with Gasteiger partial charge in [0.1, 0.15) is 5.82 Å². The molecule has 2 aromatic rings. The van der Waals surface area contributed by atoms with Crippen molar-refractivity contribution in [3.8, 4) is 0 Å². The topological polar surface area (TPSA) is 29.1 Å². The van der Waals surface area contributed by atoms with Crippen LogP contribution in [0.15, 0.2) is 53.0 Å². The van der Waals surface area contributed by atoms with Crippen LogP contribution in [-0.4, -0.2) is 5.91 Å². The zero-order valence-corrected chi connectivity index (χ0v) is 11.9. The van der Waals surface area contributed by atoms with Gasteiger partial charge in [-0.2, -0.15) is 0 Å². The number of carbonyl (C=O) groups excluding carboxylic acids is 1. The van der Waals surface area contributed by atoms with Gasteiger partial charge in [-0.15, -0.1) is 0 Å². The summed E-state index contributed by atoms with van der Waals surface area (Å²) < 4.78 is 13.4. The minimum absolute atomic E-state index is 0.0995. The van der Waals surface area contributed by atoms with Gasteiger partial charge < -0.3 is 5.32 Å². The van der Waals surface area contributed by atoms with Crippen LogP contribution in [0, 0.1) is 5.82 Å². The average Bonchev–Trinajstić information content (AvgIpc) is 2.42. The minimum Gasteiger partial charge on any atom is -0.346 e. The van der Waals surface area contributed by atoms with E-state index < -0.39 is 0 Å². The Morgan fingerprint density at radius 3 is 2.53 bits per heavy atom. The Kier molecular flexibility index (Phi) is 4.32. The van der Waals surface area contributed by atoms with E-state index in [1.54, 1.807) is 0 Å². The van der Waals surface area contributed by atoms with Gasteiger partial charge in [-0.25, -0.2) is 4.39 Å². The number of amides is 1. The number of rotatable bonds is 3. The molecule has 0 bridgehead atoms. The summed E-state index contributed by atoms with van der Waals surface area (Å²) in [5, 5.41) is 2.88. The van der Waals surface area contributed by atoms with Crippen molar-refractivity contribution in [2.75, 3.05) is 0 Å². The van der Waals surface area contributed by atoms with E-state index in [4.69, 9.17) is 0 Å². The molecule has 1 amide bonds. The Morgan fingerprint density at radius 2 is 1.89 bits per heavy atom.